The number of halogens is 1. The van der Waals surface area contributed by atoms with E-state index in [1.54, 1.807) is 10.9 Å². The molecule has 26 heavy (non-hydrogen) atoms. The van der Waals surface area contributed by atoms with Gasteiger partial charge in [-0.25, -0.2) is 15.0 Å². The minimum Gasteiger partial charge on any atom is -0.388 e. The Balaban J connectivity index is 1.53. The summed E-state index contributed by atoms with van der Waals surface area (Å²) < 4.78 is 8.42. The first-order valence-electron chi connectivity index (χ1n) is 8.23. The number of nitrogens with one attached hydrogen (secondary N) is 1. The Bertz CT molecular complexity index is 918. The fourth-order valence-corrected chi connectivity index (χ4v) is 3.61. The van der Waals surface area contributed by atoms with Crippen molar-refractivity contribution in [3.05, 3.63) is 46.1 Å². The maximum atomic E-state index is 9.96. The highest BCUT2D eigenvalue weighted by molar-refractivity contribution is 14.1. The predicted molar refractivity (Wildman–Crippen MR) is 104 cm³/mol. The van der Waals surface area contributed by atoms with Crippen molar-refractivity contribution in [3.8, 4) is 0 Å². The number of hydrogen-bond acceptors (Lipinski definition) is 7. The summed E-state index contributed by atoms with van der Waals surface area (Å²) in [5, 5.41) is 22.9. The molecule has 8 nitrogen and oxygen atoms in total. The van der Waals surface area contributed by atoms with E-state index >= 15 is 0 Å². The maximum absolute atomic E-state index is 9.96. The van der Waals surface area contributed by atoms with Gasteiger partial charge in [-0.15, -0.1) is 0 Å². The second kappa shape index (κ2) is 7.43. The summed E-state index contributed by atoms with van der Waals surface area (Å²) in [4.78, 5) is 13.0. The minimum absolute atomic E-state index is 0.135. The molecule has 0 spiro atoms. The lowest BCUT2D eigenvalue weighted by molar-refractivity contribution is 0.0157. The molecule has 1 saturated heterocycles. The van der Waals surface area contributed by atoms with Gasteiger partial charge in [-0.05, 0) is 40.3 Å². The van der Waals surface area contributed by atoms with Gasteiger partial charge >= 0.3 is 0 Å². The summed E-state index contributed by atoms with van der Waals surface area (Å²) >= 11 is 2.28. The molecule has 1 aromatic carbocycles. The number of nitrogens with zero attached hydrogens (tertiary/aromatic N) is 4. The van der Waals surface area contributed by atoms with E-state index in [0.717, 1.165) is 5.56 Å². The molecule has 0 radical (unpaired) electrons. The summed E-state index contributed by atoms with van der Waals surface area (Å²) in [7, 11) is 0. The first-order chi connectivity index (χ1) is 12.6. The van der Waals surface area contributed by atoms with Crippen LogP contribution in [0.4, 0.5) is 5.82 Å². The number of anilines is 1. The Morgan fingerprint density at radius 2 is 2.15 bits per heavy atom. The lowest BCUT2D eigenvalue weighted by atomic mass is 10.1. The molecule has 0 aliphatic carbocycles. The van der Waals surface area contributed by atoms with Gasteiger partial charge < -0.3 is 24.8 Å². The highest BCUT2D eigenvalue weighted by Gasteiger charge is 2.35. The van der Waals surface area contributed by atoms with Gasteiger partial charge in [0, 0.05) is 10.1 Å². The van der Waals surface area contributed by atoms with Crippen LogP contribution in [0.5, 0.6) is 0 Å². The van der Waals surface area contributed by atoms with Crippen molar-refractivity contribution in [2.24, 2.45) is 0 Å². The molecule has 1 aliphatic heterocycles. The molecule has 1 fully saturated rings. The number of benzene rings is 1. The van der Waals surface area contributed by atoms with Crippen LogP contribution >= 0.6 is 22.6 Å². The van der Waals surface area contributed by atoms with Gasteiger partial charge in [-0.2, -0.15) is 0 Å². The van der Waals surface area contributed by atoms with Gasteiger partial charge in [0.05, 0.1) is 19.5 Å². The van der Waals surface area contributed by atoms with Gasteiger partial charge in [0.2, 0.25) is 0 Å². The van der Waals surface area contributed by atoms with Gasteiger partial charge in [-0.1, -0.05) is 12.1 Å². The van der Waals surface area contributed by atoms with Gasteiger partial charge in [0.1, 0.15) is 30.2 Å². The van der Waals surface area contributed by atoms with Crippen molar-refractivity contribution in [1.29, 1.82) is 0 Å². The zero-order valence-corrected chi connectivity index (χ0v) is 15.9. The standard InChI is InChI=1S/C17H18IN5O3/c18-11-3-1-2-10(4-11)5-19-16-14-17(21-8-20-16)23(9-22-14)6-13-15(25)12(24)7-26-13/h1-4,8-9,12-13,15,24-25H,5-7H2,(H,19,20,21). The molecule has 9 heteroatoms. The molecule has 136 valence electrons. The van der Waals surface area contributed by atoms with Crippen LogP contribution in [0.3, 0.4) is 0 Å². The molecule has 2 aromatic heterocycles. The van der Waals surface area contributed by atoms with Gasteiger partial charge in [-0.3, -0.25) is 0 Å². The lowest BCUT2D eigenvalue weighted by Crippen LogP contribution is -2.32. The average Bonchev–Trinajstić information content (AvgIpc) is 3.19. The van der Waals surface area contributed by atoms with E-state index in [9.17, 15) is 10.2 Å². The van der Waals surface area contributed by atoms with E-state index in [1.165, 1.54) is 9.90 Å². The molecule has 4 rings (SSSR count). The van der Waals surface area contributed by atoms with Gasteiger partial charge in [0.15, 0.2) is 11.5 Å². The van der Waals surface area contributed by atoms with Crippen molar-refractivity contribution in [2.45, 2.75) is 31.4 Å². The number of rotatable bonds is 5. The van der Waals surface area contributed by atoms with Crippen LogP contribution in [0.15, 0.2) is 36.9 Å². The molecule has 3 unspecified atom stereocenters. The Labute approximate surface area is 163 Å². The molecular formula is C17H18IN5O3. The summed E-state index contributed by atoms with van der Waals surface area (Å²) in [6.45, 7) is 1.13. The fraction of sp³-hybridized carbons (Fsp3) is 0.353. The van der Waals surface area contributed by atoms with Crippen LogP contribution in [0.25, 0.3) is 11.2 Å². The highest BCUT2D eigenvalue weighted by Crippen LogP contribution is 2.21. The SMILES string of the molecule is OC1COC(Cn2cnc3c(NCc4cccc(I)c4)ncnc32)C1O. The molecule has 3 atom stereocenters. The number of aliphatic hydroxyl groups is 2. The van der Waals surface area contributed by atoms with E-state index in [2.05, 4.69) is 55.0 Å². The smallest absolute Gasteiger partial charge is 0.165 e. The zero-order valence-electron chi connectivity index (χ0n) is 13.8. The third kappa shape index (κ3) is 3.52. The normalized spacial score (nSPS) is 22.8. The second-order valence-corrected chi connectivity index (χ2v) is 7.45. The quantitative estimate of drug-likeness (QED) is 0.484. The molecule has 3 N–H and O–H groups in total. The Kier molecular flexibility index (Phi) is 5.02. The average molecular weight is 467 g/mol. The number of fused-ring (bicyclic) bond motifs is 1. The van der Waals surface area contributed by atoms with Crippen LogP contribution in [-0.2, 0) is 17.8 Å². The molecular weight excluding hydrogens is 449 g/mol. The molecule has 0 amide bonds. The number of aromatic nitrogens is 4. The number of ether oxygens (including phenoxy) is 1. The summed E-state index contributed by atoms with van der Waals surface area (Å²) in [5.41, 5.74) is 2.47. The Hall–Kier alpha value is -1.82. The third-order valence-electron chi connectivity index (χ3n) is 4.38. The summed E-state index contributed by atoms with van der Waals surface area (Å²) in [6, 6.07) is 8.22. The topological polar surface area (TPSA) is 105 Å². The molecule has 0 saturated carbocycles. The lowest BCUT2D eigenvalue weighted by Gasteiger charge is -2.15. The van der Waals surface area contributed by atoms with E-state index in [-0.39, 0.29) is 6.61 Å². The largest absolute Gasteiger partial charge is 0.388 e. The van der Waals surface area contributed by atoms with Crippen LogP contribution < -0.4 is 5.32 Å². The van der Waals surface area contributed by atoms with Gasteiger partial charge in [0.25, 0.3) is 0 Å². The van der Waals surface area contributed by atoms with Crippen molar-refractivity contribution in [1.82, 2.24) is 19.5 Å². The first-order valence-corrected chi connectivity index (χ1v) is 9.31. The van der Waals surface area contributed by atoms with E-state index in [0.29, 0.717) is 30.1 Å². The van der Waals surface area contributed by atoms with Crippen molar-refractivity contribution < 1.29 is 14.9 Å². The highest BCUT2D eigenvalue weighted by atomic mass is 127. The monoisotopic (exact) mass is 467 g/mol. The molecule has 3 heterocycles. The number of aliphatic hydroxyl groups excluding tert-OH is 2. The number of hydrogen-bond donors (Lipinski definition) is 3. The second-order valence-electron chi connectivity index (χ2n) is 6.20. The predicted octanol–water partition coefficient (Wildman–Crippen LogP) is 1.16. The minimum atomic E-state index is -0.910. The maximum Gasteiger partial charge on any atom is 0.165 e. The van der Waals surface area contributed by atoms with Crippen molar-refractivity contribution in [3.63, 3.8) is 0 Å². The van der Waals surface area contributed by atoms with Crippen LogP contribution in [0.2, 0.25) is 0 Å². The third-order valence-corrected chi connectivity index (χ3v) is 5.05. The van der Waals surface area contributed by atoms with Crippen molar-refractivity contribution in [2.75, 3.05) is 11.9 Å². The van der Waals surface area contributed by atoms with Crippen LogP contribution in [0, 0.1) is 3.57 Å². The molecule has 1 aliphatic rings. The Morgan fingerprint density at radius 3 is 2.92 bits per heavy atom. The number of imidazole rings is 1. The summed E-state index contributed by atoms with van der Waals surface area (Å²) in [5.74, 6) is 0.653. The van der Waals surface area contributed by atoms with E-state index in [1.807, 2.05) is 12.1 Å². The fourth-order valence-electron chi connectivity index (χ4n) is 3.00. The first kappa shape index (κ1) is 17.6. The Morgan fingerprint density at radius 1 is 1.27 bits per heavy atom. The molecule has 0 bridgehead atoms. The van der Waals surface area contributed by atoms with Crippen molar-refractivity contribution >= 4 is 39.6 Å². The summed E-state index contributed by atoms with van der Waals surface area (Å²) in [6.07, 6.45) is 0.887. The zero-order chi connectivity index (χ0) is 18.1. The molecule has 3 aromatic rings. The van der Waals surface area contributed by atoms with E-state index in [4.69, 9.17) is 4.74 Å². The van der Waals surface area contributed by atoms with Crippen LogP contribution in [0.1, 0.15) is 5.56 Å². The van der Waals surface area contributed by atoms with Crippen LogP contribution in [-0.4, -0.2) is 54.7 Å². The van der Waals surface area contributed by atoms with E-state index < -0.39 is 18.3 Å².